The third-order valence-corrected chi connectivity index (χ3v) is 6.22. The lowest BCUT2D eigenvalue weighted by Crippen LogP contribution is -2.75. The molecule has 4 fully saturated rings. The molecule has 0 atom stereocenters. The van der Waals surface area contributed by atoms with E-state index >= 15 is 0 Å². The van der Waals surface area contributed by atoms with Crippen molar-refractivity contribution in [2.24, 2.45) is 5.41 Å². The Kier molecular flexibility index (Phi) is 4.89. The number of Topliss-reactive ketones (excluding diaryl/α,β-unsaturated/α-hetero) is 1. The van der Waals surface area contributed by atoms with Crippen molar-refractivity contribution < 1.29 is 23.5 Å². The number of amides is 1. The van der Waals surface area contributed by atoms with Crippen LogP contribution in [0, 0.1) is 11.2 Å². The highest BCUT2D eigenvalue weighted by molar-refractivity contribution is 6.30. The molecule has 146 valence electrons. The van der Waals surface area contributed by atoms with Crippen molar-refractivity contribution in [2.75, 3.05) is 13.2 Å². The number of carbonyl (C=O) groups is 2. The van der Waals surface area contributed by atoms with Crippen LogP contribution in [0.5, 0.6) is 5.75 Å². The Morgan fingerprint density at radius 2 is 1.96 bits per heavy atom. The summed E-state index contributed by atoms with van der Waals surface area (Å²) >= 11 is 5.70. The first kappa shape index (κ1) is 18.7. The molecule has 0 spiro atoms. The lowest BCUT2D eigenvalue weighted by Gasteiger charge is -2.70. The van der Waals surface area contributed by atoms with Crippen molar-refractivity contribution in [3.05, 3.63) is 29.0 Å². The van der Waals surface area contributed by atoms with Gasteiger partial charge < -0.3 is 14.8 Å². The van der Waals surface area contributed by atoms with Crippen LogP contribution in [0.3, 0.4) is 0 Å². The summed E-state index contributed by atoms with van der Waals surface area (Å²) in [6.07, 6.45) is 6.35. The van der Waals surface area contributed by atoms with Crippen LogP contribution in [0.1, 0.15) is 44.9 Å². The summed E-state index contributed by atoms with van der Waals surface area (Å²) < 4.78 is 24.6. The van der Waals surface area contributed by atoms with E-state index in [9.17, 15) is 14.0 Å². The molecule has 0 saturated heterocycles. The molecule has 4 aliphatic carbocycles. The number of nitrogens with one attached hydrogen (secondary N) is 1. The number of carbonyl (C=O) groups excluding carboxylic acids is 2. The van der Waals surface area contributed by atoms with Gasteiger partial charge in [-0.3, -0.25) is 9.59 Å². The second-order valence-electron chi connectivity index (χ2n) is 8.28. The fraction of sp³-hybridized carbons (Fsp3) is 0.600. The van der Waals surface area contributed by atoms with Gasteiger partial charge in [-0.15, -0.1) is 0 Å². The smallest absolute Gasteiger partial charge is 0.246 e. The van der Waals surface area contributed by atoms with E-state index in [1.54, 1.807) is 6.07 Å². The van der Waals surface area contributed by atoms with Gasteiger partial charge in [0.1, 0.15) is 13.2 Å². The minimum Gasteiger partial charge on any atom is -0.483 e. The van der Waals surface area contributed by atoms with Gasteiger partial charge in [-0.25, -0.2) is 4.39 Å². The van der Waals surface area contributed by atoms with Crippen LogP contribution in [0.4, 0.5) is 4.39 Å². The first-order chi connectivity index (χ1) is 12.9. The van der Waals surface area contributed by atoms with Gasteiger partial charge in [-0.2, -0.15) is 0 Å². The lowest BCUT2D eigenvalue weighted by atomic mass is 9.38. The third kappa shape index (κ3) is 3.83. The average molecular weight is 396 g/mol. The monoisotopic (exact) mass is 395 g/mol. The van der Waals surface area contributed by atoms with Crippen molar-refractivity contribution in [3.63, 3.8) is 0 Å². The number of ether oxygens (including phenoxy) is 2. The zero-order chi connectivity index (χ0) is 19.1. The highest BCUT2D eigenvalue weighted by atomic mass is 35.5. The van der Waals surface area contributed by atoms with E-state index in [1.165, 1.54) is 18.6 Å². The molecule has 1 amide bonds. The molecule has 7 heteroatoms. The molecule has 27 heavy (non-hydrogen) atoms. The summed E-state index contributed by atoms with van der Waals surface area (Å²) in [6.45, 7) is -0.0506. The maximum Gasteiger partial charge on any atom is 0.246 e. The summed E-state index contributed by atoms with van der Waals surface area (Å²) in [4.78, 5) is 24.2. The Balaban J connectivity index is 1.17. The van der Waals surface area contributed by atoms with Gasteiger partial charge >= 0.3 is 0 Å². The Hall–Kier alpha value is -1.66. The van der Waals surface area contributed by atoms with Crippen LogP contribution in [0.15, 0.2) is 18.2 Å². The van der Waals surface area contributed by atoms with E-state index in [2.05, 4.69) is 5.32 Å². The van der Waals surface area contributed by atoms with Gasteiger partial charge in [0, 0.05) is 12.0 Å². The van der Waals surface area contributed by atoms with Crippen molar-refractivity contribution >= 4 is 23.3 Å². The SMILES string of the molecule is O=C(COc1cccc(Cl)c1F)CC12CC(NC(=O)COC3CCC3)(C1)C2. The maximum atomic E-state index is 13.8. The number of hydrogen-bond donors (Lipinski definition) is 1. The molecule has 0 aliphatic heterocycles. The zero-order valence-corrected chi connectivity index (χ0v) is 15.8. The van der Waals surface area contributed by atoms with Crippen LogP contribution in [0.2, 0.25) is 5.02 Å². The summed E-state index contributed by atoms with van der Waals surface area (Å²) in [7, 11) is 0. The van der Waals surface area contributed by atoms with E-state index in [1.807, 2.05) is 0 Å². The first-order valence-corrected chi connectivity index (χ1v) is 9.78. The molecule has 1 aromatic carbocycles. The second-order valence-corrected chi connectivity index (χ2v) is 8.69. The van der Waals surface area contributed by atoms with Gasteiger partial charge in [0.25, 0.3) is 0 Å². The molecule has 0 aromatic heterocycles. The molecule has 0 heterocycles. The van der Waals surface area contributed by atoms with Crippen LogP contribution in [0.25, 0.3) is 0 Å². The van der Waals surface area contributed by atoms with Crippen LogP contribution in [-0.2, 0) is 14.3 Å². The molecule has 2 bridgehead atoms. The Morgan fingerprint density at radius 3 is 2.63 bits per heavy atom. The average Bonchev–Trinajstić information content (AvgIpc) is 2.51. The van der Waals surface area contributed by atoms with Gasteiger partial charge in [0.2, 0.25) is 5.91 Å². The predicted octanol–water partition coefficient (Wildman–Crippen LogP) is 3.43. The Bertz CT molecular complexity index is 745. The van der Waals surface area contributed by atoms with Crippen molar-refractivity contribution in [3.8, 4) is 5.75 Å². The minimum absolute atomic E-state index is 0.0105. The molecular formula is C20H23ClFNO4. The fourth-order valence-electron chi connectivity index (χ4n) is 4.60. The lowest BCUT2D eigenvalue weighted by molar-refractivity contribution is -0.175. The third-order valence-electron chi connectivity index (χ3n) is 5.92. The molecule has 0 unspecified atom stereocenters. The molecule has 5 rings (SSSR count). The number of ketones is 1. The summed E-state index contributed by atoms with van der Waals surface area (Å²) in [5, 5.41) is 3.03. The molecule has 5 nitrogen and oxygen atoms in total. The number of hydrogen-bond acceptors (Lipinski definition) is 4. The standard InChI is InChI=1S/C20H23ClFNO4/c21-15-5-2-6-16(18(15)22)27-8-13(24)7-19-10-20(11-19,12-19)23-17(25)9-26-14-3-1-4-14/h2,5-6,14H,1,3-4,7-12H2,(H,23,25). The van der Waals surface area contributed by atoms with Gasteiger partial charge in [-0.1, -0.05) is 17.7 Å². The summed E-state index contributed by atoms with van der Waals surface area (Å²) in [6, 6.07) is 4.46. The summed E-state index contributed by atoms with van der Waals surface area (Å²) in [5.41, 5.74) is -0.185. The van der Waals surface area contributed by atoms with E-state index in [-0.39, 0.29) is 52.7 Å². The zero-order valence-electron chi connectivity index (χ0n) is 15.1. The van der Waals surface area contributed by atoms with E-state index in [0.29, 0.717) is 6.42 Å². The van der Waals surface area contributed by atoms with Crippen LogP contribution in [-0.4, -0.2) is 36.5 Å². The Morgan fingerprint density at radius 1 is 1.22 bits per heavy atom. The molecule has 1 N–H and O–H groups in total. The topological polar surface area (TPSA) is 64.6 Å². The highest BCUT2D eigenvalue weighted by Crippen LogP contribution is 2.69. The van der Waals surface area contributed by atoms with Crippen LogP contribution >= 0.6 is 11.6 Å². The quantitative estimate of drug-likeness (QED) is 0.695. The number of halogens is 2. The second kappa shape index (κ2) is 7.06. The van der Waals surface area contributed by atoms with Gasteiger partial charge in [0.05, 0.1) is 11.1 Å². The molecular weight excluding hydrogens is 373 g/mol. The van der Waals surface area contributed by atoms with Gasteiger partial charge in [-0.05, 0) is 56.1 Å². The molecule has 4 saturated carbocycles. The fourth-order valence-corrected chi connectivity index (χ4v) is 4.77. The number of rotatable bonds is 9. The van der Waals surface area contributed by atoms with Crippen molar-refractivity contribution in [1.82, 2.24) is 5.32 Å². The van der Waals surface area contributed by atoms with E-state index in [4.69, 9.17) is 21.1 Å². The van der Waals surface area contributed by atoms with E-state index < -0.39 is 5.82 Å². The van der Waals surface area contributed by atoms with Gasteiger partial charge in [0.15, 0.2) is 17.3 Å². The Labute approximate surface area is 162 Å². The number of benzene rings is 1. The van der Waals surface area contributed by atoms with Crippen molar-refractivity contribution in [1.29, 1.82) is 0 Å². The minimum atomic E-state index is -0.650. The predicted molar refractivity (Wildman–Crippen MR) is 97.3 cm³/mol. The summed E-state index contributed by atoms with van der Waals surface area (Å²) in [5.74, 6) is -0.796. The molecule has 1 aromatic rings. The van der Waals surface area contributed by atoms with E-state index in [0.717, 1.165) is 32.1 Å². The highest BCUT2D eigenvalue weighted by Gasteiger charge is 2.68. The maximum absolute atomic E-state index is 13.8. The largest absolute Gasteiger partial charge is 0.483 e. The normalized spacial score (nSPS) is 28.5. The molecule has 4 aliphatic rings. The van der Waals surface area contributed by atoms with Crippen LogP contribution < -0.4 is 10.1 Å². The van der Waals surface area contributed by atoms with Crippen molar-refractivity contribution in [2.45, 2.75) is 56.6 Å². The first-order valence-electron chi connectivity index (χ1n) is 9.40. The molecule has 0 radical (unpaired) electrons.